The van der Waals surface area contributed by atoms with Crippen molar-refractivity contribution in [3.63, 3.8) is 0 Å². The van der Waals surface area contributed by atoms with E-state index in [4.69, 9.17) is 9.88 Å². The topological polar surface area (TPSA) is 72.6 Å². The molecular formula is C13H18N2O3S4. The third-order valence-electron chi connectivity index (χ3n) is 3.42. The summed E-state index contributed by atoms with van der Waals surface area (Å²) in [6.07, 6.45) is 1.15. The average molecular weight is 379 g/mol. The Morgan fingerprint density at radius 3 is 2.73 bits per heavy atom. The Bertz CT molecular complexity index is 700. The summed E-state index contributed by atoms with van der Waals surface area (Å²) in [5, 5.41) is 6.14. The van der Waals surface area contributed by atoms with Crippen molar-refractivity contribution >= 4 is 53.9 Å². The van der Waals surface area contributed by atoms with Crippen molar-refractivity contribution in [1.29, 1.82) is 0 Å². The number of nitrogens with two attached hydrogens (primary N) is 1. The number of rotatable bonds is 6. The van der Waals surface area contributed by atoms with E-state index >= 15 is 0 Å². The molecule has 5 nitrogen and oxygen atoms in total. The molecule has 0 saturated carbocycles. The predicted octanol–water partition coefficient (Wildman–Crippen LogP) is 2.42. The summed E-state index contributed by atoms with van der Waals surface area (Å²) in [7, 11) is -3.58. The fraction of sp³-hybridized carbons (Fsp3) is 0.538. The van der Waals surface area contributed by atoms with Gasteiger partial charge in [-0.15, -0.1) is 34.4 Å². The van der Waals surface area contributed by atoms with Crippen molar-refractivity contribution in [2.45, 2.75) is 14.8 Å². The van der Waals surface area contributed by atoms with E-state index in [0.29, 0.717) is 0 Å². The number of hydrogen-bond donors (Lipinski definition) is 1. The fourth-order valence-electron chi connectivity index (χ4n) is 2.29. The Balaban J connectivity index is 1.50. The van der Waals surface area contributed by atoms with Gasteiger partial charge in [-0.2, -0.15) is 0 Å². The highest BCUT2D eigenvalue weighted by Gasteiger charge is 2.15. The van der Waals surface area contributed by atoms with Gasteiger partial charge in [-0.1, -0.05) is 0 Å². The molecule has 0 aromatic carbocycles. The number of thioether (sulfide) groups is 1. The summed E-state index contributed by atoms with van der Waals surface area (Å²) in [6.45, 7) is 4.89. The van der Waals surface area contributed by atoms with Crippen LogP contribution in [0.2, 0.25) is 0 Å². The first kappa shape index (κ1) is 16.7. The first-order valence-corrected chi connectivity index (χ1v) is 11.2. The summed E-state index contributed by atoms with van der Waals surface area (Å²) < 4.78 is 30.5. The second kappa shape index (κ2) is 7.16. The van der Waals surface area contributed by atoms with Crippen molar-refractivity contribution in [2.24, 2.45) is 5.14 Å². The van der Waals surface area contributed by atoms with E-state index in [9.17, 15) is 8.42 Å². The Hall–Kier alpha value is -0.160. The molecule has 1 aliphatic heterocycles. The summed E-state index contributed by atoms with van der Waals surface area (Å²) in [6, 6.07) is 3.73. The van der Waals surface area contributed by atoms with E-state index in [1.165, 1.54) is 15.5 Å². The number of fused-ring (bicyclic) bond motifs is 1. The van der Waals surface area contributed by atoms with Gasteiger partial charge in [-0.25, -0.2) is 13.6 Å². The van der Waals surface area contributed by atoms with Gasteiger partial charge < -0.3 is 4.74 Å². The third kappa shape index (κ3) is 4.22. The number of ether oxygens (including phenoxy) is 1. The highest BCUT2D eigenvalue weighted by atomic mass is 32.3. The van der Waals surface area contributed by atoms with Crippen LogP contribution in [0.3, 0.4) is 0 Å². The molecule has 2 aromatic heterocycles. The molecule has 0 aliphatic carbocycles. The number of thiophene rings is 2. The molecule has 122 valence electrons. The highest BCUT2D eigenvalue weighted by Crippen LogP contribution is 2.39. The van der Waals surface area contributed by atoms with E-state index in [1.54, 1.807) is 17.4 Å². The van der Waals surface area contributed by atoms with Crippen molar-refractivity contribution < 1.29 is 13.2 Å². The Labute approximate surface area is 142 Å². The lowest BCUT2D eigenvalue weighted by Crippen LogP contribution is -2.36. The van der Waals surface area contributed by atoms with Crippen LogP contribution in [-0.4, -0.2) is 51.9 Å². The van der Waals surface area contributed by atoms with Crippen LogP contribution in [0.5, 0.6) is 0 Å². The molecule has 0 unspecified atom stereocenters. The minimum atomic E-state index is -3.58. The quantitative estimate of drug-likeness (QED) is 0.617. The molecule has 0 spiro atoms. The number of sulfonamides is 1. The van der Waals surface area contributed by atoms with E-state index in [0.717, 1.165) is 54.4 Å². The highest BCUT2D eigenvalue weighted by molar-refractivity contribution is 8.01. The van der Waals surface area contributed by atoms with Crippen molar-refractivity contribution in [2.75, 3.05) is 38.6 Å². The smallest absolute Gasteiger partial charge is 0.247 e. The lowest BCUT2D eigenvalue weighted by molar-refractivity contribution is 0.0381. The molecule has 1 aliphatic rings. The monoisotopic (exact) mass is 378 g/mol. The fourth-order valence-corrected chi connectivity index (χ4v) is 6.95. The average Bonchev–Trinajstić information content (AvgIpc) is 3.02. The second-order valence-electron chi connectivity index (χ2n) is 5.07. The minimum Gasteiger partial charge on any atom is -0.379 e. The Morgan fingerprint density at radius 2 is 2.05 bits per heavy atom. The molecule has 2 aromatic rings. The molecule has 1 fully saturated rings. The summed E-state index contributed by atoms with van der Waals surface area (Å²) >= 11 is 4.74. The van der Waals surface area contributed by atoms with Crippen molar-refractivity contribution in [3.8, 4) is 0 Å². The zero-order chi connectivity index (χ0) is 15.6. The molecule has 22 heavy (non-hydrogen) atoms. The summed E-state index contributed by atoms with van der Waals surface area (Å²) in [5.41, 5.74) is 0. The first-order valence-electron chi connectivity index (χ1n) is 7.01. The predicted molar refractivity (Wildman–Crippen MR) is 93.7 cm³/mol. The molecule has 0 radical (unpaired) electrons. The van der Waals surface area contributed by atoms with Gasteiger partial charge in [-0.3, -0.25) is 4.90 Å². The molecule has 0 atom stereocenters. The molecule has 3 rings (SSSR count). The first-order chi connectivity index (χ1) is 10.5. The Morgan fingerprint density at radius 1 is 1.27 bits per heavy atom. The maximum Gasteiger partial charge on any atom is 0.247 e. The van der Waals surface area contributed by atoms with E-state index in [-0.39, 0.29) is 4.21 Å². The SMILES string of the molecule is NS(=O)(=O)c1cc2cc(SCCCN3CCOCC3)sc2s1. The lowest BCUT2D eigenvalue weighted by Gasteiger charge is -2.26. The van der Waals surface area contributed by atoms with E-state index in [1.807, 2.05) is 11.8 Å². The molecule has 0 bridgehead atoms. The summed E-state index contributed by atoms with van der Waals surface area (Å²) in [4.78, 5) is 2.44. The van der Waals surface area contributed by atoms with Gasteiger partial charge in [0.2, 0.25) is 10.0 Å². The second-order valence-corrected chi connectivity index (χ2v) is 10.6. The van der Waals surface area contributed by atoms with Crippen LogP contribution in [0.1, 0.15) is 6.42 Å². The molecular weight excluding hydrogens is 360 g/mol. The van der Waals surface area contributed by atoms with Gasteiger partial charge in [0.05, 0.1) is 21.4 Å². The van der Waals surface area contributed by atoms with Gasteiger partial charge in [-0.05, 0) is 25.1 Å². The van der Waals surface area contributed by atoms with Gasteiger partial charge in [0.25, 0.3) is 0 Å². The van der Waals surface area contributed by atoms with Crippen molar-refractivity contribution in [3.05, 3.63) is 12.1 Å². The van der Waals surface area contributed by atoms with Gasteiger partial charge in [0, 0.05) is 24.2 Å². The standard InChI is InChI=1S/C13H18N2O3S4/c14-22(16,17)12-9-10-8-11(20-13(10)21-12)19-7-1-2-15-3-5-18-6-4-15/h8-9H,1-7H2,(H2,14,16,17). The zero-order valence-corrected chi connectivity index (χ0v) is 15.3. The lowest BCUT2D eigenvalue weighted by atomic mass is 10.4. The van der Waals surface area contributed by atoms with Crippen LogP contribution in [0.4, 0.5) is 0 Å². The summed E-state index contributed by atoms with van der Waals surface area (Å²) in [5.74, 6) is 1.08. The van der Waals surface area contributed by atoms with Crippen LogP contribution in [0, 0.1) is 0 Å². The van der Waals surface area contributed by atoms with Crippen LogP contribution in [-0.2, 0) is 14.8 Å². The van der Waals surface area contributed by atoms with Crippen LogP contribution in [0.15, 0.2) is 20.6 Å². The number of primary sulfonamides is 1. The van der Waals surface area contributed by atoms with E-state index in [2.05, 4.69) is 11.0 Å². The molecule has 0 amide bonds. The maximum atomic E-state index is 11.3. The number of morpholine rings is 1. The molecule has 1 saturated heterocycles. The van der Waals surface area contributed by atoms with Crippen LogP contribution >= 0.6 is 34.4 Å². The zero-order valence-electron chi connectivity index (χ0n) is 12.0. The van der Waals surface area contributed by atoms with Crippen LogP contribution in [0.25, 0.3) is 9.40 Å². The van der Waals surface area contributed by atoms with E-state index < -0.39 is 10.0 Å². The largest absolute Gasteiger partial charge is 0.379 e. The van der Waals surface area contributed by atoms with Gasteiger partial charge in [0.15, 0.2) is 0 Å². The third-order valence-corrected chi connectivity index (χ3v) is 8.52. The normalized spacial score (nSPS) is 17.3. The van der Waals surface area contributed by atoms with Gasteiger partial charge in [0.1, 0.15) is 4.21 Å². The number of nitrogens with zero attached hydrogens (tertiary/aromatic N) is 1. The molecule has 2 N–H and O–H groups in total. The van der Waals surface area contributed by atoms with Crippen LogP contribution < -0.4 is 5.14 Å². The maximum absolute atomic E-state index is 11.3. The Kier molecular flexibility index (Phi) is 5.43. The molecule has 9 heteroatoms. The van der Waals surface area contributed by atoms with Crippen molar-refractivity contribution in [1.82, 2.24) is 4.90 Å². The molecule has 3 heterocycles. The minimum absolute atomic E-state index is 0.248. The van der Waals surface area contributed by atoms with Gasteiger partial charge >= 0.3 is 0 Å². The number of hydrogen-bond acceptors (Lipinski definition) is 7.